The third-order valence-corrected chi connectivity index (χ3v) is 3.87. The summed E-state index contributed by atoms with van der Waals surface area (Å²) in [7, 11) is 0. The fourth-order valence-electron chi connectivity index (χ4n) is 1.89. The smallest absolute Gasteiger partial charge is 0.0623 e. The number of aliphatic hydroxyl groups excluding tert-OH is 1. The van der Waals surface area contributed by atoms with Gasteiger partial charge in [-0.15, -0.1) is 0 Å². The molecule has 2 N–H and O–H groups in total. The van der Waals surface area contributed by atoms with E-state index in [-0.39, 0.29) is 17.7 Å². The van der Waals surface area contributed by atoms with Gasteiger partial charge in [0.2, 0.25) is 0 Å². The largest absolute Gasteiger partial charge is 0.394 e. The van der Waals surface area contributed by atoms with Crippen molar-refractivity contribution in [3.8, 4) is 0 Å². The second-order valence-electron chi connectivity index (χ2n) is 5.78. The van der Waals surface area contributed by atoms with E-state index in [1.807, 2.05) is 0 Å². The summed E-state index contributed by atoms with van der Waals surface area (Å²) in [6, 6.07) is 0. The van der Waals surface area contributed by atoms with Crippen LogP contribution in [-0.2, 0) is 4.74 Å². The van der Waals surface area contributed by atoms with E-state index in [1.165, 1.54) is 0 Å². The van der Waals surface area contributed by atoms with Crippen molar-refractivity contribution < 1.29 is 9.84 Å². The van der Waals surface area contributed by atoms with Gasteiger partial charge in [-0.05, 0) is 52.5 Å². The summed E-state index contributed by atoms with van der Waals surface area (Å²) in [6.07, 6.45) is 5.05. The molecule has 0 saturated heterocycles. The monoisotopic (exact) mass is 259 g/mol. The van der Waals surface area contributed by atoms with E-state index in [9.17, 15) is 5.11 Å². The molecular formula is C15H33NO2. The lowest BCUT2D eigenvalue weighted by Gasteiger charge is -2.33. The second kappa shape index (κ2) is 8.89. The summed E-state index contributed by atoms with van der Waals surface area (Å²) in [5, 5.41) is 13.1. The lowest BCUT2D eigenvalue weighted by Crippen LogP contribution is -2.48. The summed E-state index contributed by atoms with van der Waals surface area (Å²) in [5.41, 5.74) is -0.138. The van der Waals surface area contributed by atoms with E-state index in [4.69, 9.17) is 4.74 Å². The van der Waals surface area contributed by atoms with Crippen LogP contribution in [0.5, 0.6) is 0 Å². The highest BCUT2D eigenvalue weighted by Crippen LogP contribution is 2.19. The number of hydrogen-bond acceptors (Lipinski definition) is 3. The number of hydrogen-bond donors (Lipinski definition) is 2. The Morgan fingerprint density at radius 1 is 1.11 bits per heavy atom. The maximum Gasteiger partial charge on any atom is 0.0623 e. The van der Waals surface area contributed by atoms with Crippen LogP contribution >= 0.6 is 0 Å². The van der Waals surface area contributed by atoms with Crippen molar-refractivity contribution in [2.75, 3.05) is 19.8 Å². The Morgan fingerprint density at radius 2 is 1.78 bits per heavy atom. The summed E-state index contributed by atoms with van der Waals surface area (Å²) < 4.78 is 5.86. The van der Waals surface area contributed by atoms with Gasteiger partial charge in [0.1, 0.15) is 0 Å². The predicted molar refractivity (Wildman–Crippen MR) is 78.0 cm³/mol. The van der Waals surface area contributed by atoms with Crippen LogP contribution in [-0.4, -0.2) is 36.0 Å². The molecule has 0 rings (SSSR count). The van der Waals surface area contributed by atoms with Gasteiger partial charge in [-0.3, -0.25) is 0 Å². The van der Waals surface area contributed by atoms with Crippen LogP contribution in [0.4, 0.5) is 0 Å². The highest BCUT2D eigenvalue weighted by atomic mass is 16.5. The first-order chi connectivity index (χ1) is 8.45. The predicted octanol–water partition coefficient (Wildman–Crippen LogP) is 3.11. The van der Waals surface area contributed by atoms with Gasteiger partial charge < -0.3 is 15.2 Å². The number of ether oxygens (including phenoxy) is 1. The molecule has 0 bridgehead atoms. The standard InChI is InChI=1S/C15H33NO2/c1-6-11-16-15(8-3,13-17)10-9-12-18-14(4,5)7-2/h16-17H,6-13H2,1-5H3. The van der Waals surface area contributed by atoms with E-state index in [0.29, 0.717) is 0 Å². The van der Waals surface area contributed by atoms with Crippen LogP contribution in [0, 0.1) is 0 Å². The molecule has 0 radical (unpaired) electrons. The molecule has 0 aliphatic carbocycles. The van der Waals surface area contributed by atoms with E-state index in [2.05, 4.69) is 39.9 Å². The Hall–Kier alpha value is -0.120. The van der Waals surface area contributed by atoms with Gasteiger partial charge in [0.15, 0.2) is 0 Å². The Kier molecular flexibility index (Phi) is 8.83. The molecule has 1 unspecified atom stereocenters. The fraction of sp³-hybridized carbons (Fsp3) is 1.00. The Morgan fingerprint density at radius 3 is 2.22 bits per heavy atom. The quantitative estimate of drug-likeness (QED) is 0.560. The van der Waals surface area contributed by atoms with Crippen LogP contribution in [0.1, 0.15) is 66.7 Å². The fourth-order valence-corrected chi connectivity index (χ4v) is 1.89. The molecule has 3 nitrogen and oxygen atoms in total. The zero-order valence-electron chi connectivity index (χ0n) is 13.0. The molecule has 1 atom stereocenters. The number of aliphatic hydroxyl groups is 1. The SMILES string of the molecule is CCCNC(CC)(CO)CCCOC(C)(C)CC. The average molecular weight is 259 g/mol. The molecule has 0 fully saturated rings. The highest BCUT2D eigenvalue weighted by Gasteiger charge is 2.26. The zero-order valence-corrected chi connectivity index (χ0v) is 13.0. The minimum atomic E-state index is -0.115. The topological polar surface area (TPSA) is 41.5 Å². The van der Waals surface area contributed by atoms with Gasteiger partial charge in [-0.2, -0.15) is 0 Å². The highest BCUT2D eigenvalue weighted by molar-refractivity contribution is 4.85. The molecule has 0 saturated carbocycles. The summed E-state index contributed by atoms with van der Waals surface area (Å²) in [6.45, 7) is 12.6. The third kappa shape index (κ3) is 6.72. The molecule has 0 aromatic carbocycles. The summed E-state index contributed by atoms with van der Waals surface area (Å²) >= 11 is 0. The van der Waals surface area contributed by atoms with Crippen molar-refractivity contribution in [2.24, 2.45) is 0 Å². The first kappa shape index (κ1) is 17.9. The summed E-state index contributed by atoms with van der Waals surface area (Å²) in [4.78, 5) is 0. The molecule has 0 aliphatic heterocycles. The van der Waals surface area contributed by atoms with Crippen molar-refractivity contribution in [3.05, 3.63) is 0 Å². The first-order valence-electron chi connectivity index (χ1n) is 7.45. The van der Waals surface area contributed by atoms with E-state index < -0.39 is 0 Å². The van der Waals surface area contributed by atoms with Gasteiger partial charge in [-0.1, -0.05) is 20.8 Å². The minimum Gasteiger partial charge on any atom is -0.394 e. The second-order valence-corrected chi connectivity index (χ2v) is 5.78. The van der Waals surface area contributed by atoms with Gasteiger partial charge in [-0.25, -0.2) is 0 Å². The molecule has 0 amide bonds. The zero-order chi connectivity index (χ0) is 14.1. The normalized spacial score (nSPS) is 15.7. The van der Waals surface area contributed by atoms with Crippen molar-refractivity contribution in [1.82, 2.24) is 5.32 Å². The molecule has 0 aliphatic rings. The Labute approximate surface area is 113 Å². The van der Waals surface area contributed by atoms with Crippen molar-refractivity contribution in [2.45, 2.75) is 77.9 Å². The molecule has 0 heterocycles. The molecular weight excluding hydrogens is 226 g/mol. The summed E-state index contributed by atoms with van der Waals surface area (Å²) in [5.74, 6) is 0. The molecule has 110 valence electrons. The van der Waals surface area contributed by atoms with Crippen LogP contribution in [0.2, 0.25) is 0 Å². The Bertz CT molecular complexity index is 201. The van der Waals surface area contributed by atoms with E-state index >= 15 is 0 Å². The van der Waals surface area contributed by atoms with Crippen LogP contribution < -0.4 is 5.32 Å². The Balaban J connectivity index is 4.04. The van der Waals surface area contributed by atoms with Crippen molar-refractivity contribution in [1.29, 1.82) is 0 Å². The third-order valence-electron chi connectivity index (χ3n) is 3.87. The van der Waals surface area contributed by atoms with E-state index in [0.717, 1.165) is 45.3 Å². The minimum absolute atomic E-state index is 0.0229. The van der Waals surface area contributed by atoms with Crippen LogP contribution in [0.25, 0.3) is 0 Å². The van der Waals surface area contributed by atoms with Crippen molar-refractivity contribution >= 4 is 0 Å². The molecule has 18 heavy (non-hydrogen) atoms. The van der Waals surface area contributed by atoms with E-state index in [1.54, 1.807) is 0 Å². The molecule has 0 spiro atoms. The molecule has 0 aromatic rings. The molecule has 0 aromatic heterocycles. The first-order valence-corrected chi connectivity index (χ1v) is 7.45. The lowest BCUT2D eigenvalue weighted by molar-refractivity contribution is -0.0249. The van der Waals surface area contributed by atoms with Gasteiger partial charge in [0, 0.05) is 12.1 Å². The maximum absolute atomic E-state index is 9.61. The lowest BCUT2D eigenvalue weighted by atomic mass is 9.91. The van der Waals surface area contributed by atoms with Crippen molar-refractivity contribution in [3.63, 3.8) is 0 Å². The maximum atomic E-state index is 9.61. The van der Waals surface area contributed by atoms with Gasteiger partial charge >= 0.3 is 0 Å². The average Bonchev–Trinajstić information content (AvgIpc) is 2.39. The van der Waals surface area contributed by atoms with Gasteiger partial charge in [0.05, 0.1) is 12.2 Å². The molecule has 3 heteroatoms. The van der Waals surface area contributed by atoms with Crippen LogP contribution in [0.15, 0.2) is 0 Å². The number of nitrogens with one attached hydrogen (secondary N) is 1. The number of rotatable bonds is 11. The van der Waals surface area contributed by atoms with Crippen LogP contribution in [0.3, 0.4) is 0 Å². The van der Waals surface area contributed by atoms with Gasteiger partial charge in [0.25, 0.3) is 0 Å².